The van der Waals surface area contributed by atoms with Crippen molar-refractivity contribution in [2.75, 3.05) is 19.8 Å². The van der Waals surface area contributed by atoms with E-state index in [2.05, 4.69) is 76.5 Å². The summed E-state index contributed by atoms with van der Waals surface area (Å²) in [5.41, 5.74) is 1.82. The molecule has 4 heteroatoms. The smallest absolute Gasteiger partial charge is 0.321 e. The highest BCUT2D eigenvalue weighted by Crippen LogP contribution is 2.36. The summed E-state index contributed by atoms with van der Waals surface area (Å²) in [6, 6.07) is 8.41. The molecule has 1 saturated heterocycles. The van der Waals surface area contributed by atoms with E-state index in [1.165, 1.54) is 11.1 Å². The number of rotatable bonds is 5. The van der Waals surface area contributed by atoms with E-state index in [0.717, 1.165) is 25.8 Å². The molecule has 0 radical (unpaired) electrons. The van der Waals surface area contributed by atoms with Crippen LogP contribution in [0.2, 0.25) is 0 Å². The van der Waals surface area contributed by atoms with Gasteiger partial charge in [0, 0.05) is 12.1 Å². The standard InChI is InChI=1S/C23H38N2O2/c1-8-9-12-15-24(22(3,4)5)21(26)25-20(16-27-17-23(25,6)7)19-14-11-10-13-18(19)2/h10-11,13-14,20H,8-9,12,15-17H2,1-7H3. The van der Waals surface area contributed by atoms with Crippen molar-refractivity contribution in [3.63, 3.8) is 0 Å². The molecule has 1 heterocycles. The normalized spacial score (nSPS) is 19.8. The second kappa shape index (κ2) is 8.64. The van der Waals surface area contributed by atoms with Crippen molar-refractivity contribution in [1.82, 2.24) is 9.80 Å². The highest BCUT2D eigenvalue weighted by atomic mass is 16.5. The molecule has 152 valence electrons. The fourth-order valence-electron chi connectivity index (χ4n) is 3.94. The van der Waals surface area contributed by atoms with Crippen molar-refractivity contribution in [2.45, 2.75) is 84.8 Å². The first-order chi connectivity index (χ1) is 12.6. The molecule has 0 spiro atoms. The molecule has 1 atom stereocenters. The van der Waals surface area contributed by atoms with E-state index in [4.69, 9.17) is 4.74 Å². The van der Waals surface area contributed by atoms with Crippen LogP contribution in [-0.4, -0.2) is 46.7 Å². The lowest BCUT2D eigenvalue weighted by atomic mass is 9.92. The van der Waals surface area contributed by atoms with E-state index in [1.54, 1.807) is 0 Å². The van der Waals surface area contributed by atoms with Gasteiger partial charge in [-0.05, 0) is 59.1 Å². The third-order valence-corrected chi connectivity index (χ3v) is 5.47. The first kappa shape index (κ1) is 21.7. The molecular formula is C23H38N2O2. The maximum absolute atomic E-state index is 13.8. The fourth-order valence-corrected chi connectivity index (χ4v) is 3.94. The molecule has 1 aliphatic rings. The van der Waals surface area contributed by atoms with Gasteiger partial charge in [0.05, 0.1) is 24.8 Å². The molecule has 2 rings (SSSR count). The summed E-state index contributed by atoms with van der Waals surface area (Å²) in [7, 11) is 0. The molecule has 1 unspecified atom stereocenters. The molecule has 0 bridgehead atoms. The van der Waals surface area contributed by atoms with Gasteiger partial charge < -0.3 is 14.5 Å². The summed E-state index contributed by atoms with van der Waals surface area (Å²) < 4.78 is 5.94. The predicted octanol–water partition coefficient (Wildman–Crippen LogP) is 5.56. The Balaban J connectivity index is 2.40. The Morgan fingerprint density at radius 1 is 1.26 bits per heavy atom. The lowest BCUT2D eigenvalue weighted by Gasteiger charge is -2.51. The Morgan fingerprint density at radius 3 is 2.52 bits per heavy atom. The van der Waals surface area contributed by atoms with E-state index in [9.17, 15) is 4.79 Å². The third kappa shape index (κ3) is 5.04. The molecule has 0 saturated carbocycles. The van der Waals surface area contributed by atoms with Gasteiger partial charge in [-0.2, -0.15) is 0 Å². The average molecular weight is 375 g/mol. The van der Waals surface area contributed by atoms with Crippen molar-refractivity contribution in [3.05, 3.63) is 35.4 Å². The zero-order valence-corrected chi connectivity index (χ0v) is 18.3. The highest BCUT2D eigenvalue weighted by Gasteiger charge is 2.44. The predicted molar refractivity (Wildman–Crippen MR) is 112 cm³/mol. The maximum Gasteiger partial charge on any atom is 0.321 e. The van der Waals surface area contributed by atoms with Gasteiger partial charge in [-0.1, -0.05) is 44.0 Å². The van der Waals surface area contributed by atoms with Crippen LogP contribution >= 0.6 is 0 Å². The Labute approximate surface area is 165 Å². The highest BCUT2D eigenvalue weighted by molar-refractivity contribution is 5.77. The molecule has 1 aliphatic heterocycles. The van der Waals surface area contributed by atoms with Crippen LogP contribution in [0.25, 0.3) is 0 Å². The summed E-state index contributed by atoms with van der Waals surface area (Å²) >= 11 is 0. The summed E-state index contributed by atoms with van der Waals surface area (Å²) in [6.45, 7) is 16.8. The second-order valence-electron chi connectivity index (χ2n) is 9.38. The zero-order chi connectivity index (χ0) is 20.2. The maximum atomic E-state index is 13.8. The van der Waals surface area contributed by atoms with Crippen molar-refractivity contribution in [2.24, 2.45) is 0 Å². The molecule has 1 fully saturated rings. The molecular weight excluding hydrogens is 336 g/mol. The van der Waals surface area contributed by atoms with Crippen LogP contribution in [0.4, 0.5) is 4.79 Å². The number of ether oxygens (including phenoxy) is 1. The van der Waals surface area contributed by atoms with E-state index in [1.807, 2.05) is 6.07 Å². The van der Waals surface area contributed by atoms with Crippen LogP contribution in [0.1, 0.15) is 78.0 Å². The summed E-state index contributed by atoms with van der Waals surface area (Å²) in [5.74, 6) is 0. The van der Waals surface area contributed by atoms with Gasteiger partial charge in [0.2, 0.25) is 0 Å². The minimum absolute atomic E-state index is 0.0570. The van der Waals surface area contributed by atoms with Gasteiger partial charge in [0.25, 0.3) is 0 Å². The number of aryl methyl sites for hydroxylation is 1. The molecule has 4 nitrogen and oxygen atoms in total. The lowest BCUT2D eigenvalue weighted by molar-refractivity contribution is -0.0762. The average Bonchev–Trinajstić information content (AvgIpc) is 2.56. The fraction of sp³-hybridized carbons (Fsp3) is 0.696. The van der Waals surface area contributed by atoms with Gasteiger partial charge in [-0.25, -0.2) is 4.79 Å². The Morgan fingerprint density at radius 2 is 1.93 bits per heavy atom. The van der Waals surface area contributed by atoms with Gasteiger partial charge in [-0.15, -0.1) is 0 Å². The first-order valence-corrected chi connectivity index (χ1v) is 10.3. The van der Waals surface area contributed by atoms with Crippen molar-refractivity contribution >= 4 is 6.03 Å². The van der Waals surface area contributed by atoms with Gasteiger partial charge in [0.1, 0.15) is 0 Å². The number of unbranched alkanes of at least 4 members (excludes halogenated alkanes) is 2. The first-order valence-electron chi connectivity index (χ1n) is 10.3. The molecule has 0 aromatic heterocycles. The minimum Gasteiger partial charge on any atom is -0.377 e. The van der Waals surface area contributed by atoms with Crippen LogP contribution in [0.5, 0.6) is 0 Å². The van der Waals surface area contributed by atoms with Crippen molar-refractivity contribution in [3.8, 4) is 0 Å². The molecule has 1 aromatic rings. The zero-order valence-electron chi connectivity index (χ0n) is 18.3. The number of benzene rings is 1. The van der Waals surface area contributed by atoms with E-state index in [-0.39, 0.29) is 23.2 Å². The van der Waals surface area contributed by atoms with Gasteiger partial charge in [0.15, 0.2) is 0 Å². The van der Waals surface area contributed by atoms with E-state index < -0.39 is 0 Å². The second-order valence-corrected chi connectivity index (χ2v) is 9.38. The third-order valence-electron chi connectivity index (χ3n) is 5.47. The molecule has 1 aromatic carbocycles. The van der Waals surface area contributed by atoms with Gasteiger partial charge >= 0.3 is 6.03 Å². The summed E-state index contributed by atoms with van der Waals surface area (Å²) in [6.07, 6.45) is 3.34. The van der Waals surface area contributed by atoms with Crippen LogP contribution in [0.3, 0.4) is 0 Å². The van der Waals surface area contributed by atoms with Crippen LogP contribution < -0.4 is 0 Å². The number of hydrogen-bond acceptors (Lipinski definition) is 2. The van der Waals surface area contributed by atoms with E-state index >= 15 is 0 Å². The molecule has 2 amide bonds. The number of carbonyl (C=O) groups excluding carboxylic acids is 1. The van der Waals surface area contributed by atoms with E-state index in [0.29, 0.717) is 13.2 Å². The monoisotopic (exact) mass is 374 g/mol. The molecule has 0 N–H and O–H groups in total. The van der Waals surface area contributed by atoms with Crippen LogP contribution in [-0.2, 0) is 4.74 Å². The van der Waals surface area contributed by atoms with Crippen LogP contribution in [0, 0.1) is 6.92 Å². The van der Waals surface area contributed by atoms with Gasteiger partial charge in [-0.3, -0.25) is 0 Å². The van der Waals surface area contributed by atoms with Crippen LogP contribution in [0.15, 0.2) is 24.3 Å². The summed E-state index contributed by atoms with van der Waals surface area (Å²) in [5, 5.41) is 0. The minimum atomic E-state index is -0.351. The van der Waals surface area contributed by atoms with Crippen molar-refractivity contribution in [1.29, 1.82) is 0 Å². The Bertz CT molecular complexity index is 634. The number of amides is 2. The molecule has 27 heavy (non-hydrogen) atoms. The summed E-state index contributed by atoms with van der Waals surface area (Å²) in [4.78, 5) is 18.0. The number of nitrogens with zero attached hydrogens (tertiary/aromatic N) is 2. The number of urea groups is 1. The quantitative estimate of drug-likeness (QED) is 0.632. The van der Waals surface area contributed by atoms with Crippen molar-refractivity contribution < 1.29 is 9.53 Å². The Kier molecular flexibility index (Phi) is 6.96. The SMILES string of the molecule is CCCCCN(C(=O)N1C(c2ccccc2C)COCC1(C)C)C(C)(C)C. The largest absolute Gasteiger partial charge is 0.377 e. The number of morpholine rings is 1. The number of hydrogen-bond donors (Lipinski definition) is 0. The topological polar surface area (TPSA) is 32.8 Å². The lowest BCUT2D eigenvalue weighted by Crippen LogP contribution is -2.63. The Hall–Kier alpha value is -1.55. The molecule has 0 aliphatic carbocycles. The number of carbonyl (C=O) groups is 1.